The number of nitrogens with zero attached hydrogens (tertiary/aromatic N) is 1. The largest absolute Gasteiger partial charge is 0.455 e. The summed E-state index contributed by atoms with van der Waals surface area (Å²) in [5, 5.41) is 26.9. The highest BCUT2D eigenvalue weighted by Gasteiger charge is 2.38. The fourth-order valence-corrected chi connectivity index (χ4v) is 8.00. The van der Waals surface area contributed by atoms with Gasteiger partial charge in [-0.2, -0.15) is 5.26 Å². The van der Waals surface area contributed by atoms with Gasteiger partial charge in [0.25, 0.3) is 0 Å². The molecule has 1 aromatic heterocycles. The van der Waals surface area contributed by atoms with E-state index in [4.69, 9.17) is 9.83 Å². The van der Waals surface area contributed by atoms with Crippen LogP contribution in [-0.4, -0.2) is 12.0 Å². The molecule has 6 aromatic rings. The van der Waals surface area contributed by atoms with Crippen molar-refractivity contribution in [2.24, 2.45) is 0 Å². The number of amidine groups is 1. The molecule has 1 atom stereocenters. The van der Waals surface area contributed by atoms with Crippen LogP contribution in [0.5, 0.6) is 0 Å². The second-order valence-electron chi connectivity index (χ2n) is 14.1. The van der Waals surface area contributed by atoms with Crippen molar-refractivity contribution in [1.82, 2.24) is 10.6 Å². The lowest BCUT2D eigenvalue weighted by Crippen LogP contribution is -2.42. The van der Waals surface area contributed by atoms with Crippen LogP contribution in [0, 0.1) is 16.7 Å². The Morgan fingerprint density at radius 2 is 1.57 bits per heavy atom. The summed E-state index contributed by atoms with van der Waals surface area (Å²) in [6.07, 6.45) is 11.5. The Balaban J connectivity index is 1.04. The Bertz CT molecular complexity index is 2600. The molecule has 0 bridgehead atoms. The van der Waals surface area contributed by atoms with Crippen LogP contribution in [0.15, 0.2) is 149 Å². The van der Waals surface area contributed by atoms with Crippen LogP contribution in [0.1, 0.15) is 43.4 Å². The van der Waals surface area contributed by atoms with Crippen LogP contribution in [0.3, 0.4) is 0 Å². The monoisotopic (exact) mass is 660 g/mol. The van der Waals surface area contributed by atoms with Crippen molar-refractivity contribution in [3.05, 3.63) is 161 Å². The highest BCUT2D eigenvalue weighted by Crippen LogP contribution is 2.52. The zero-order chi connectivity index (χ0) is 34.7. The van der Waals surface area contributed by atoms with Gasteiger partial charge in [-0.1, -0.05) is 92.7 Å². The molecule has 0 fully saturated rings. The van der Waals surface area contributed by atoms with Crippen molar-refractivity contribution in [2.75, 3.05) is 0 Å². The normalized spacial score (nSPS) is 17.1. The third-order valence-electron chi connectivity index (χ3n) is 10.7. The summed E-state index contributed by atoms with van der Waals surface area (Å²) in [6, 6.07) is 38.8. The number of hydrogen-bond donors (Lipinski definition) is 3. The summed E-state index contributed by atoms with van der Waals surface area (Å²) in [7, 11) is 0. The van der Waals surface area contributed by atoms with Crippen LogP contribution in [0.4, 0.5) is 0 Å². The minimum absolute atomic E-state index is 0.111. The maximum absolute atomic E-state index is 9.60. The van der Waals surface area contributed by atoms with Crippen molar-refractivity contribution in [3.8, 4) is 39.4 Å². The number of nitrogens with one attached hydrogen (secondary N) is 3. The zero-order valence-corrected chi connectivity index (χ0v) is 28.5. The van der Waals surface area contributed by atoms with Crippen molar-refractivity contribution >= 4 is 33.3 Å². The fourth-order valence-electron chi connectivity index (χ4n) is 8.00. The Kier molecular flexibility index (Phi) is 7.15. The van der Waals surface area contributed by atoms with E-state index in [2.05, 4.69) is 128 Å². The molecule has 0 saturated heterocycles. The van der Waals surface area contributed by atoms with E-state index in [1.54, 1.807) is 0 Å². The van der Waals surface area contributed by atoms with Gasteiger partial charge in [0, 0.05) is 32.9 Å². The van der Waals surface area contributed by atoms with Crippen LogP contribution < -0.4 is 10.6 Å². The van der Waals surface area contributed by atoms with Gasteiger partial charge in [-0.05, 0) is 118 Å². The minimum Gasteiger partial charge on any atom is -0.455 e. The number of fused-ring (bicyclic) bond motifs is 5. The Morgan fingerprint density at radius 1 is 0.804 bits per heavy atom. The number of benzene rings is 5. The molecule has 1 aliphatic heterocycles. The Labute approximate surface area is 297 Å². The standard InChI is InChI=1S/C46H36N4O/c1-46(2)40-22-28(27-47)15-18-36(40)37-19-16-33(26-41(37)46)35-12-7-13-38-39-25-32(17-20-42(39)51-44(35)38)30-9-5-8-29(23-30)31-10-6-11-34(24-31)45(48)50-43-14-3-4-21-49-43/h3-14,16-17,19-26,43,49H,15,18H2,1-2H3,(H2,48,50). The predicted octanol–water partition coefficient (Wildman–Crippen LogP) is 10.8. The van der Waals surface area contributed by atoms with Gasteiger partial charge < -0.3 is 15.1 Å². The number of nitriles is 1. The lowest BCUT2D eigenvalue weighted by atomic mass is 9.78. The van der Waals surface area contributed by atoms with Gasteiger partial charge >= 0.3 is 0 Å². The van der Waals surface area contributed by atoms with Crippen molar-refractivity contribution in [1.29, 1.82) is 10.7 Å². The summed E-state index contributed by atoms with van der Waals surface area (Å²) < 4.78 is 6.61. The zero-order valence-electron chi connectivity index (χ0n) is 28.5. The van der Waals surface area contributed by atoms with Crippen LogP contribution in [0.2, 0.25) is 0 Å². The first kappa shape index (κ1) is 30.7. The maximum Gasteiger partial charge on any atom is 0.143 e. The molecule has 3 aliphatic rings. The molecule has 5 aromatic carbocycles. The molecule has 51 heavy (non-hydrogen) atoms. The molecule has 5 heteroatoms. The number of rotatable bonds is 5. The first-order valence-corrected chi connectivity index (χ1v) is 17.5. The molecule has 5 nitrogen and oxygen atoms in total. The third-order valence-corrected chi connectivity index (χ3v) is 10.7. The summed E-state index contributed by atoms with van der Waals surface area (Å²) in [5.41, 5.74) is 15.2. The molecule has 0 spiro atoms. The van der Waals surface area contributed by atoms with Crippen LogP contribution in [0.25, 0.3) is 60.9 Å². The van der Waals surface area contributed by atoms with Gasteiger partial charge in [0.2, 0.25) is 0 Å². The maximum atomic E-state index is 9.60. The average molecular weight is 661 g/mol. The van der Waals surface area contributed by atoms with E-state index in [1.807, 2.05) is 36.6 Å². The predicted molar refractivity (Wildman–Crippen MR) is 208 cm³/mol. The quantitative estimate of drug-likeness (QED) is 0.127. The Morgan fingerprint density at radius 3 is 2.37 bits per heavy atom. The molecule has 2 aliphatic carbocycles. The molecule has 2 heterocycles. The summed E-state index contributed by atoms with van der Waals surface area (Å²) >= 11 is 0. The van der Waals surface area contributed by atoms with Gasteiger partial charge in [0.1, 0.15) is 23.2 Å². The van der Waals surface area contributed by atoms with E-state index >= 15 is 0 Å². The van der Waals surface area contributed by atoms with E-state index in [-0.39, 0.29) is 11.6 Å². The van der Waals surface area contributed by atoms with Crippen molar-refractivity contribution in [3.63, 3.8) is 0 Å². The smallest absolute Gasteiger partial charge is 0.143 e. The van der Waals surface area contributed by atoms with E-state index in [1.165, 1.54) is 22.3 Å². The number of allylic oxidation sites excluding steroid dienone is 6. The highest BCUT2D eigenvalue weighted by molar-refractivity contribution is 6.10. The van der Waals surface area contributed by atoms with E-state index in [0.29, 0.717) is 5.84 Å². The summed E-state index contributed by atoms with van der Waals surface area (Å²) in [5.74, 6) is 0.368. The topological polar surface area (TPSA) is 84.8 Å². The average Bonchev–Trinajstić information content (AvgIpc) is 3.66. The third kappa shape index (κ3) is 5.19. The van der Waals surface area contributed by atoms with Gasteiger partial charge in [-0.3, -0.25) is 5.41 Å². The second kappa shape index (κ2) is 11.9. The molecule has 1 unspecified atom stereocenters. The molecule has 0 saturated carbocycles. The first-order valence-electron chi connectivity index (χ1n) is 17.5. The fraction of sp³-hybridized carbons (Fsp3) is 0.130. The number of hydrogen-bond acceptors (Lipinski definition) is 4. The molecule has 3 N–H and O–H groups in total. The molecule has 0 amide bonds. The van der Waals surface area contributed by atoms with E-state index in [0.717, 1.165) is 79.3 Å². The number of dihydropyridines is 1. The van der Waals surface area contributed by atoms with Gasteiger partial charge in [-0.25, -0.2) is 0 Å². The van der Waals surface area contributed by atoms with Crippen molar-refractivity contribution in [2.45, 2.75) is 38.3 Å². The minimum atomic E-state index is -0.170. The molecule has 246 valence electrons. The van der Waals surface area contributed by atoms with E-state index in [9.17, 15) is 5.26 Å². The summed E-state index contributed by atoms with van der Waals surface area (Å²) in [4.78, 5) is 0. The molecule has 9 rings (SSSR count). The van der Waals surface area contributed by atoms with Gasteiger partial charge in [0.05, 0.1) is 6.07 Å². The molecular weight excluding hydrogens is 625 g/mol. The lowest BCUT2D eigenvalue weighted by molar-refractivity contribution is 0.650. The lowest BCUT2D eigenvalue weighted by Gasteiger charge is -2.25. The second-order valence-corrected chi connectivity index (χ2v) is 14.1. The van der Waals surface area contributed by atoms with Crippen LogP contribution >= 0.6 is 0 Å². The SMILES string of the molecule is CC1(C)C2=C(CCC(C#N)=C2)c2ccc(-c3cccc4c3oc3ccc(-c5cccc(-c6cccc(C(=N)NC7C=CC=CN7)c6)c5)cc34)cc21. The molecule has 0 radical (unpaired) electrons. The summed E-state index contributed by atoms with van der Waals surface area (Å²) in [6.45, 7) is 4.55. The van der Waals surface area contributed by atoms with Gasteiger partial charge in [-0.15, -0.1) is 0 Å². The van der Waals surface area contributed by atoms with Crippen molar-refractivity contribution < 1.29 is 4.42 Å². The number of furan rings is 1. The first-order chi connectivity index (χ1) is 24.9. The highest BCUT2D eigenvalue weighted by atomic mass is 16.3. The molecular formula is C46H36N4O. The van der Waals surface area contributed by atoms with Gasteiger partial charge in [0.15, 0.2) is 0 Å². The van der Waals surface area contributed by atoms with Crippen LogP contribution in [-0.2, 0) is 5.41 Å². The van der Waals surface area contributed by atoms with E-state index < -0.39 is 0 Å². The number of para-hydroxylation sites is 1. The Hall–Kier alpha value is -6.38.